The molecule has 0 aromatic rings. The summed E-state index contributed by atoms with van der Waals surface area (Å²) in [6, 6.07) is 0.525. The predicted molar refractivity (Wildman–Crippen MR) is 67.6 cm³/mol. The number of rotatable bonds is 7. The summed E-state index contributed by atoms with van der Waals surface area (Å²) < 4.78 is 0. The fourth-order valence-corrected chi connectivity index (χ4v) is 1.70. The standard InChI is InChI=1S/C11H24N2S/c1-5-10(6-2)7-13(9(3)4)8-11(12)14/h9-10H,5-8H2,1-4H3,(H2,12,14). The second-order valence-corrected chi connectivity index (χ2v) is 4.70. The molecule has 0 aliphatic carbocycles. The quantitative estimate of drug-likeness (QED) is 0.663. The highest BCUT2D eigenvalue weighted by Crippen LogP contribution is 2.11. The molecule has 0 unspecified atom stereocenters. The van der Waals surface area contributed by atoms with Crippen LogP contribution in [0, 0.1) is 5.92 Å². The van der Waals surface area contributed by atoms with E-state index >= 15 is 0 Å². The first kappa shape index (κ1) is 13.8. The molecule has 14 heavy (non-hydrogen) atoms. The highest BCUT2D eigenvalue weighted by molar-refractivity contribution is 7.80. The van der Waals surface area contributed by atoms with Crippen molar-refractivity contribution >= 4 is 17.2 Å². The fourth-order valence-electron chi connectivity index (χ4n) is 1.54. The Kier molecular flexibility index (Phi) is 7.11. The summed E-state index contributed by atoms with van der Waals surface area (Å²) >= 11 is 4.95. The summed E-state index contributed by atoms with van der Waals surface area (Å²) in [6.45, 7) is 10.7. The Bertz CT molecular complexity index is 165. The van der Waals surface area contributed by atoms with Crippen molar-refractivity contribution in [1.82, 2.24) is 4.90 Å². The average molecular weight is 216 g/mol. The van der Waals surface area contributed by atoms with Crippen LogP contribution in [0.4, 0.5) is 0 Å². The van der Waals surface area contributed by atoms with E-state index in [9.17, 15) is 0 Å². The molecular weight excluding hydrogens is 192 g/mol. The lowest BCUT2D eigenvalue weighted by Crippen LogP contribution is -2.40. The molecule has 0 aromatic carbocycles. The highest BCUT2D eigenvalue weighted by Gasteiger charge is 2.14. The Balaban J connectivity index is 4.13. The van der Waals surface area contributed by atoms with E-state index in [0.29, 0.717) is 11.0 Å². The molecule has 2 N–H and O–H groups in total. The van der Waals surface area contributed by atoms with Gasteiger partial charge in [0.15, 0.2) is 0 Å². The van der Waals surface area contributed by atoms with Gasteiger partial charge in [-0.3, -0.25) is 4.90 Å². The normalized spacial score (nSPS) is 11.6. The zero-order valence-electron chi connectivity index (χ0n) is 9.92. The van der Waals surface area contributed by atoms with Crippen LogP contribution in [-0.4, -0.2) is 29.0 Å². The topological polar surface area (TPSA) is 29.3 Å². The van der Waals surface area contributed by atoms with Crippen LogP contribution in [0.2, 0.25) is 0 Å². The maximum absolute atomic E-state index is 5.58. The summed E-state index contributed by atoms with van der Waals surface area (Å²) in [5.41, 5.74) is 5.58. The van der Waals surface area contributed by atoms with Gasteiger partial charge >= 0.3 is 0 Å². The van der Waals surface area contributed by atoms with E-state index in [4.69, 9.17) is 18.0 Å². The molecule has 0 aliphatic heterocycles. The van der Waals surface area contributed by atoms with Crippen molar-refractivity contribution in [2.75, 3.05) is 13.1 Å². The lowest BCUT2D eigenvalue weighted by molar-refractivity contribution is 0.207. The van der Waals surface area contributed by atoms with Crippen molar-refractivity contribution < 1.29 is 0 Å². The van der Waals surface area contributed by atoms with Crippen molar-refractivity contribution in [2.24, 2.45) is 11.7 Å². The molecule has 0 radical (unpaired) electrons. The lowest BCUT2D eigenvalue weighted by Gasteiger charge is -2.29. The zero-order chi connectivity index (χ0) is 11.1. The molecule has 0 spiro atoms. The third kappa shape index (κ3) is 5.55. The molecule has 0 atom stereocenters. The van der Waals surface area contributed by atoms with Crippen molar-refractivity contribution in [2.45, 2.75) is 46.6 Å². The first-order valence-electron chi connectivity index (χ1n) is 5.53. The van der Waals surface area contributed by atoms with E-state index in [1.807, 2.05) is 0 Å². The molecule has 0 aromatic heterocycles. The fraction of sp³-hybridized carbons (Fsp3) is 0.909. The molecular formula is C11H24N2S. The van der Waals surface area contributed by atoms with Gasteiger partial charge in [-0.1, -0.05) is 38.9 Å². The number of hydrogen-bond donors (Lipinski definition) is 1. The van der Waals surface area contributed by atoms with Gasteiger partial charge in [0.1, 0.15) is 0 Å². The van der Waals surface area contributed by atoms with E-state index in [1.54, 1.807) is 0 Å². The van der Waals surface area contributed by atoms with Gasteiger partial charge in [0.2, 0.25) is 0 Å². The highest BCUT2D eigenvalue weighted by atomic mass is 32.1. The minimum absolute atomic E-state index is 0.525. The third-order valence-electron chi connectivity index (χ3n) is 2.74. The van der Waals surface area contributed by atoms with Crippen LogP contribution in [0.1, 0.15) is 40.5 Å². The first-order valence-corrected chi connectivity index (χ1v) is 5.94. The molecule has 0 heterocycles. The van der Waals surface area contributed by atoms with E-state index < -0.39 is 0 Å². The third-order valence-corrected chi connectivity index (χ3v) is 2.87. The van der Waals surface area contributed by atoms with Crippen molar-refractivity contribution in [3.63, 3.8) is 0 Å². The van der Waals surface area contributed by atoms with E-state index in [0.717, 1.165) is 19.0 Å². The second-order valence-electron chi connectivity index (χ2n) is 4.17. The number of hydrogen-bond acceptors (Lipinski definition) is 2. The van der Waals surface area contributed by atoms with Crippen LogP contribution >= 0.6 is 12.2 Å². The van der Waals surface area contributed by atoms with Crippen molar-refractivity contribution in [3.8, 4) is 0 Å². The molecule has 84 valence electrons. The van der Waals surface area contributed by atoms with E-state index in [1.165, 1.54) is 12.8 Å². The van der Waals surface area contributed by atoms with E-state index in [-0.39, 0.29) is 0 Å². The molecule has 0 rings (SSSR count). The Morgan fingerprint density at radius 1 is 1.29 bits per heavy atom. The van der Waals surface area contributed by atoms with Crippen molar-refractivity contribution in [3.05, 3.63) is 0 Å². The summed E-state index contributed by atoms with van der Waals surface area (Å²) in [7, 11) is 0. The molecule has 0 saturated heterocycles. The molecule has 0 amide bonds. The SMILES string of the molecule is CCC(CC)CN(CC(N)=S)C(C)C. The Labute approximate surface area is 93.8 Å². The summed E-state index contributed by atoms with van der Waals surface area (Å²) in [4.78, 5) is 2.96. The lowest BCUT2D eigenvalue weighted by atomic mass is 10.0. The van der Waals surface area contributed by atoms with Crippen LogP contribution in [0.5, 0.6) is 0 Å². The minimum Gasteiger partial charge on any atom is -0.392 e. The largest absolute Gasteiger partial charge is 0.392 e. The summed E-state index contributed by atoms with van der Waals surface area (Å²) in [6.07, 6.45) is 2.47. The molecule has 0 fully saturated rings. The number of thiocarbonyl (C=S) groups is 1. The second kappa shape index (κ2) is 7.18. The smallest absolute Gasteiger partial charge is 0.0870 e. The van der Waals surface area contributed by atoms with Crippen LogP contribution in [0.25, 0.3) is 0 Å². The van der Waals surface area contributed by atoms with Gasteiger partial charge in [0, 0.05) is 19.1 Å². The summed E-state index contributed by atoms with van der Waals surface area (Å²) in [5.74, 6) is 0.770. The Morgan fingerprint density at radius 3 is 2.07 bits per heavy atom. The van der Waals surface area contributed by atoms with Crippen LogP contribution in [0.15, 0.2) is 0 Å². The molecule has 0 bridgehead atoms. The molecule has 0 saturated carbocycles. The predicted octanol–water partition coefficient (Wildman–Crippen LogP) is 2.42. The Morgan fingerprint density at radius 2 is 1.79 bits per heavy atom. The van der Waals surface area contributed by atoms with Gasteiger partial charge in [-0.15, -0.1) is 0 Å². The van der Waals surface area contributed by atoms with Crippen LogP contribution in [0.3, 0.4) is 0 Å². The van der Waals surface area contributed by atoms with Crippen LogP contribution < -0.4 is 5.73 Å². The molecule has 3 heteroatoms. The van der Waals surface area contributed by atoms with Gasteiger partial charge < -0.3 is 5.73 Å². The number of nitrogens with two attached hydrogens (primary N) is 1. The minimum atomic E-state index is 0.525. The van der Waals surface area contributed by atoms with Crippen molar-refractivity contribution in [1.29, 1.82) is 0 Å². The maximum Gasteiger partial charge on any atom is 0.0870 e. The summed E-state index contributed by atoms with van der Waals surface area (Å²) in [5, 5.41) is 0. The monoisotopic (exact) mass is 216 g/mol. The van der Waals surface area contributed by atoms with Crippen LogP contribution in [-0.2, 0) is 0 Å². The van der Waals surface area contributed by atoms with Gasteiger partial charge in [0.25, 0.3) is 0 Å². The molecule has 2 nitrogen and oxygen atoms in total. The zero-order valence-corrected chi connectivity index (χ0v) is 10.7. The van der Waals surface area contributed by atoms with E-state index in [2.05, 4.69) is 32.6 Å². The van der Waals surface area contributed by atoms with Gasteiger partial charge in [0.05, 0.1) is 4.99 Å². The van der Waals surface area contributed by atoms with Gasteiger partial charge in [-0.05, 0) is 19.8 Å². The van der Waals surface area contributed by atoms with Gasteiger partial charge in [-0.2, -0.15) is 0 Å². The van der Waals surface area contributed by atoms with Gasteiger partial charge in [-0.25, -0.2) is 0 Å². The Hall–Kier alpha value is -0.150. The molecule has 0 aliphatic rings. The number of nitrogens with zero attached hydrogens (tertiary/aromatic N) is 1. The maximum atomic E-state index is 5.58. The first-order chi connectivity index (χ1) is 6.51. The average Bonchev–Trinajstić information content (AvgIpc) is 2.11.